The zero-order valence-electron chi connectivity index (χ0n) is 57.2. The van der Waals surface area contributed by atoms with E-state index in [-0.39, 0.29) is 288 Å². The molecule has 526 valence electrons. The molecule has 0 heterocycles. The number of carbonyl (C=O) groups excluding carboxylic acids is 7. The van der Waals surface area contributed by atoms with Crippen LogP contribution in [0.25, 0.3) is 43.1 Å². The first kappa shape index (κ1) is 118. The van der Waals surface area contributed by atoms with Crippen molar-refractivity contribution in [3.8, 4) is 28.7 Å². The van der Waals surface area contributed by atoms with Crippen molar-refractivity contribution in [2.45, 2.75) is 61.1 Å². The van der Waals surface area contributed by atoms with Crippen LogP contribution in [0.4, 0.5) is 22.7 Å². The number of nitrogens with one attached hydrogen (secondary N) is 1. The van der Waals surface area contributed by atoms with Crippen molar-refractivity contribution in [3.63, 3.8) is 0 Å². The van der Waals surface area contributed by atoms with E-state index in [1.807, 2.05) is 0 Å². The summed E-state index contributed by atoms with van der Waals surface area (Å²) in [7, 11) is -21.4. The van der Waals surface area contributed by atoms with E-state index < -0.39 is 107 Å². The van der Waals surface area contributed by atoms with Crippen LogP contribution in [-0.2, 0) is 106 Å². The first-order valence-electron chi connectivity index (χ1n) is 24.1. The third-order valence-electron chi connectivity index (χ3n) is 10.3. The van der Waals surface area contributed by atoms with Gasteiger partial charge in [-0.25, -0.2) is 29.5 Å². The molecular formula is C52H51N4Na7O34S6. The maximum atomic E-state index is 11.3. The molecule has 0 aliphatic carbocycles. The zero-order valence-corrected chi connectivity index (χ0v) is 75.1. The van der Waals surface area contributed by atoms with E-state index in [0.29, 0.717) is 32.3 Å². The minimum atomic E-state index is -4.74. The predicted octanol–water partition coefficient (Wildman–Crippen LogP) is -21.3. The van der Waals surface area contributed by atoms with Gasteiger partial charge in [-0.05, 0) is 126 Å². The first-order chi connectivity index (χ1) is 43.5. The molecule has 51 heteroatoms. The van der Waals surface area contributed by atoms with Crippen LogP contribution in [0.3, 0.4) is 0 Å². The minimum absolute atomic E-state index is 0. The number of benzene rings is 8. The van der Waals surface area contributed by atoms with E-state index >= 15 is 0 Å². The Balaban J connectivity index is -0.000000126. The molecule has 8 aromatic rings. The second-order valence-electron chi connectivity index (χ2n) is 17.6. The summed E-state index contributed by atoms with van der Waals surface area (Å²) in [5, 5.41) is 61.1. The van der Waals surface area contributed by atoms with Gasteiger partial charge in [0.15, 0.2) is 0 Å². The number of esters is 2. The van der Waals surface area contributed by atoms with E-state index in [9.17, 15) is 90.9 Å². The number of carboxylic acid groups (broad SMARTS) is 1. The van der Waals surface area contributed by atoms with Crippen molar-refractivity contribution >= 4 is 165 Å². The molecule has 0 aliphatic heterocycles. The summed E-state index contributed by atoms with van der Waals surface area (Å²) in [5.41, 5.74) is 18.4. The molecule has 0 saturated carbocycles. The van der Waals surface area contributed by atoms with Gasteiger partial charge in [0.2, 0.25) is 5.91 Å². The second-order valence-corrected chi connectivity index (χ2v) is 24.1. The molecular weight excluding hydrogens is 1580 g/mol. The molecule has 1 amide bonds. The average molecular weight is 1630 g/mol. The van der Waals surface area contributed by atoms with E-state index in [4.69, 9.17) is 63.9 Å². The molecule has 0 bridgehead atoms. The second kappa shape index (κ2) is 54.9. The van der Waals surface area contributed by atoms with E-state index in [0.717, 1.165) is 60.5 Å². The van der Waals surface area contributed by atoms with Gasteiger partial charge in [0.25, 0.3) is 16.6 Å². The number of ether oxygens (including phenoxy) is 1. The van der Waals surface area contributed by atoms with Crippen LogP contribution < -0.4 is 244 Å². The summed E-state index contributed by atoms with van der Waals surface area (Å²) in [6.07, 6.45) is 0.250. The van der Waals surface area contributed by atoms with Crippen LogP contribution in [0.1, 0.15) is 40.2 Å². The van der Waals surface area contributed by atoms with Crippen LogP contribution in [0, 0.1) is 13.8 Å². The number of carbonyl (C=O) groups is 5. The molecule has 103 heavy (non-hydrogen) atoms. The van der Waals surface area contributed by atoms with E-state index in [1.165, 1.54) is 63.2 Å². The zero-order chi connectivity index (χ0) is 74.0. The van der Waals surface area contributed by atoms with Gasteiger partial charge >= 0.3 is 236 Å². The van der Waals surface area contributed by atoms with Gasteiger partial charge in [0, 0.05) is 71.4 Å². The Hall–Kier alpha value is -3.58. The third-order valence-corrected chi connectivity index (χ3v) is 13.9. The Bertz CT molecular complexity index is 4880. The number of anilines is 4. The summed E-state index contributed by atoms with van der Waals surface area (Å²) in [5.74, 6) is -3.44. The molecule has 0 spiro atoms. The Morgan fingerprint density at radius 1 is 0.534 bits per heavy atom. The van der Waals surface area contributed by atoms with Gasteiger partial charge in [-0.2, -0.15) is 18.0 Å². The molecule has 1 atom stereocenters. The molecule has 8 aromatic carbocycles. The van der Waals surface area contributed by atoms with Gasteiger partial charge in [-0.15, -0.1) is 12.6 Å². The minimum Gasteiger partial charge on any atom is -1.00 e. The fourth-order valence-corrected chi connectivity index (χ4v) is 9.76. The number of aromatic hydroxyl groups is 4. The summed E-state index contributed by atoms with van der Waals surface area (Å²) in [4.78, 5) is 65.5. The molecule has 0 fully saturated rings. The molecule has 0 saturated heterocycles. The predicted molar refractivity (Wildman–Crippen MR) is 322 cm³/mol. The van der Waals surface area contributed by atoms with Crippen molar-refractivity contribution in [2.24, 2.45) is 0 Å². The fraction of sp³-hybridized carbons (Fsp3) is 0.115. The summed E-state index contributed by atoms with van der Waals surface area (Å²) in [6, 6.07) is 21.7. The van der Waals surface area contributed by atoms with E-state index in [2.05, 4.69) is 19.1 Å². The van der Waals surface area contributed by atoms with Gasteiger partial charge in [0.05, 0.1) is 25.3 Å². The smallest absolute Gasteiger partial charge is 1.00 e. The molecule has 14 N–H and O–H groups in total. The maximum Gasteiger partial charge on any atom is 1.00 e. The van der Waals surface area contributed by atoms with Crippen LogP contribution in [0.5, 0.6) is 28.7 Å². The van der Waals surface area contributed by atoms with Gasteiger partial charge in [-0.1, -0.05) is 24.3 Å². The number of nitrogen functional groups attached to an aromatic ring is 3. The number of fused-ring (bicyclic) bond motifs is 4. The van der Waals surface area contributed by atoms with Crippen molar-refractivity contribution in [3.05, 3.63) is 114 Å². The van der Waals surface area contributed by atoms with E-state index in [1.54, 1.807) is 32.0 Å². The number of rotatable bonds is 8. The maximum absolute atomic E-state index is 11.3. The monoisotopic (exact) mass is 1630 g/mol. The molecule has 38 nitrogen and oxygen atoms in total. The van der Waals surface area contributed by atoms with Crippen LogP contribution in [0.15, 0.2) is 123 Å². The Labute approximate surface area is 745 Å². The SMILES string of the molecule is CC(=O)Nc1cc(S(=O)(=O)O)cc2cc(C)cc(O)c12.CC(=O)OC(C)=O.CC(=O)[O-].Cc1cc(O)c2c(N)cc(S(=O)(=O)[O-])cc2c1.Nc1cc(S(=O)(=O)[O-])cc2cc(OS(=O)[O-])cc(O)c12.Nc1cc(S(=O)(=O)[O-])cc2cccc(O)c12.O.O=C=O.O=CO[O-].O=S(=O)=O.[H-].[Na+].[Na+].[Na+].[Na+].[Na+].[Na+].[Na+]. The molecule has 0 aromatic heterocycles. The quantitative estimate of drug-likeness (QED) is 0.00785. The molecule has 0 radical (unpaired) electrons. The topological polar surface area (TPSA) is 713 Å². The summed E-state index contributed by atoms with van der Waals surface area (Å²) < 4.78 is 184. The Kier molecular flexibility index (Phi) is 62.8. The summed E-state index contributed by atoms with van der Waals surface area (Å²) in [6.45, 7) is 7.89. The van der Waals surface area contributed by atoms with Crippen molar-refractivity contribution < 1.29 is 365 Å². The number of carboxylic acids is 1. The molecule has 8 rings (SSSR count). The van der Waals surface area contributed by atoms with Crippen molar-refractivity contribution in [1.29, 1.82) is 0 Å². The van der Waals surface area contributed by atoms with Crippen LogP contribution >= 0.6 is 0 Å². The van der Waals surface area contributed by atoms with Crippen molar-refractivity contribution in [1.82, 2.24) is 0 Å². The Morgan fingerprint density at radius 2 is 0.835 bits per heavy atom. The number of nitrogens with two attached hydrogens (primary N) is 3. The number of phenols is 4. The average Bonchev–Trinajstić information content (AvgIpc) is 0.805. The Morgan fingerprint density at radius 3 is 1.14 bits per heavy atom. The molecule has 0 aliphatic rings. The number of hydrogen-bond acceptors (Lipinski definition) is 35. The number of amides is 1. The van der Waals surface area contributed by atoms with Crippen LogP contribution in [0.2, 0.25) is 0 Å². The molecule has 1 unspecified atom stereocenters. The first-order valence-corrected chi connectivity index (χ1v) is 31.8. The number of aryl methyl sites for hydroxylation is 2. The third kappa shape index (κ3) is 44.5. The van der Waals surface area contributed by atoms with Gasteiger partial charge < -0.3 is 97.0 Å². The van der Waals surface area contributed by atoms with Gasteiger partial charge in [0.1, 0.15) is 70.5 Å². The number of hydrogen-bond donors (Lipinski definition) is 9. The summed E-state index contributed by atoms with van der Waals surface area (Å²) >= 11 is -2.87. The van der Waals surface area contributed by atoms with Crippen LogP contribution in [-0.4, -0.2) is 136 Å². The normalized spacial score (nSPS) is 9.90. The van der Waals surface area contributed by atoms with Gasteiger partial charge in [-0.3, -0.25) is 23.7 Å². The number of aliphatic carboxylic acids is 1. The largest absolute Gasteiger partial charge is 1.00 e. The standard InChI is InChI=1S/C13H13NO5S.C11H11NO4S.C10H9NO7S2.C10H9NO4S.C4H6O3.C2H4O2.CH2O3.CO2.7Na.O3S.H2O.H/c1-7-3-9-5-10(20(17,18)19)6-11(14-8(2)15)13(9)12(16)4-7;1-6-2-7-4-8(17(14,15)16)5-9(12)11(7)10(13)3-6;11-8-4-7(20(15,16)17)2-5-1-6(18-19(13)14)3-9(12)10(5)8;11-8-5-7(16(13,14)15)4-6-2-1-3-9(12)10(6)8;1-3(5)7-4(2)6;1-2(3)4;2-1-4-3;2-1-3;;;;;;;;1-4(2)3;;/h3-6,16H,1-2H3,(H,14,15)(H,17,18,19);2-5,13H,12H2,1H3,(H,14,15,16);1-4,12H,11H2,(H,13,14)(H,15,16,17);1-5,12H,11H2,(H,13,14,15);1-2H3;1H3,(H,3,4);1,3H;;;;;;;;;;1H2;/q;;;;;;;;7*+1;;;-1/p-6. The number of phenolic OH excluding ortho intramolecular Hbond substituents is 4. The van der Waals surface area contributed by atoms with Crippen molar-refractivity contribution in [2.75, 3.05) is 22.5 Å². The fourth-order valence-electron chi connectivity index (χ4n) is 7.34.